The van der Waals surface area contributed by atoms with Crippen LogP contribution in [0.1, 0.15) is 22.3 Å². The molecule has 3 rings (SSSR count). The fraction of sp³-hybridized carbons (Fsp3) is 0.174. The van der Waals surface area contributed by atoms with Gasteiger partial charge < -0.3 is 8.92 Å². The number of ether oxygens (including phenoxy) is 1. The number of hydrogen-bond acceptors (Lipinski definition) is 5. The molecule has 0 atom stereocenters. The summed E-state index contributed by atoms with van der Waals surface area (Å²) in [6.45, 7) is 5.90. The van der Waals surface area contributed by atoms with Gasteiger partial charge in [0.05, 0.1) is 17.8 Å². The molecule has 0 aliphatic heterocycles. The second kappa shape index (κ2) is 8.90. The van der Waals surface area contributed by atoms with Crippen LogP contribution in [0, 0.1) is 20.8 Å². The Hall–Kier alpha value is -2.83. The van der Waals surface area contributed by atoms with Gasteiger partial charge in [-0.2, -0.15) is 8.42 Å². The Bertz CT molecular complexity index is 1200. The Morgan fingerprint density at radius 3 is 2.37 bits per heavy atom. The van der Waals surface area contributed by atoms with Crippen molar-refractivity contribution < 1.29 is 17.3 Å². The molecule has 0 spiro atoms. The Labute approximate surface area is 182 Å². The normalized spacial score (nSPS) is 11.6. The number of hydrogen-bond donors (Lipinski definition) is 0. The molecule has 0 heterocycles. The first-order valence-electron chi connectivity index (χ1n) is 9.20. The number of aliphatic imine (C=N–C) groups is 1. The first-order valence-corrected chi connectivity index (χ1v) is 11.0. The molecule has 0 aliphatic rings. The molecule has 30 heavy (non-hydrogen) atoms. The van der Waals surface area contributed by atoms with E-state index in [1.807, 2.05) is 39.0 Å². The van der Waals surface area contributed by atoms with E-state index in [-0.39, 0.29) is 21.4 Å². The van der Waals surface area contributed by atoms with E-state index in [1.54, 1.807) is 30.5 Å². The van der Waals surface area contributed by atoms with E-state index in [0.29, 0.717) is 5.56 Å². The quantitative estimate of drug-likeness (QED) is 0.357. The third-order valence-corrected chi connectivity index (χ3v) is 6.20. The minimum absolute atomic E-state index is 0.0341. The smallest absolute Gasteiger partial charge is 0.339 e. The molecule has 5 nitrogen and oxygen atoms in total. The summed E-state index contributed by atoms with van der Waals surface area (Å²) < 4.78 is 35.9. The van der Waals surface area contributed by atoms with Crippen molar-refractivity contribution >= 4 is 33.6 Å². The Kier molecular flexibility index (Phi) is 6.48. The highest BCUT2D eigenvalue weighted by Crippen LogP contribution is 2.38. The van der Waals surface area contributed by atoms with Crippen LogP contribution in [0.15, 0.2) is 64.5 Å². The van der Waals surface area contributed by atoms with Crippen LogP contribution in [0.3, 0.4) is 0 Å². The molecule has 0 unspecified atom stereocenters. The molecule has 156 valence electrons. The van der Waals surface area contributed by atoms with Crippen LogP contribution in [-0.2, 0) is 10.1 Å². The van der Waals surface area contributed by atoms with Gasteiger partial charge in [-0.3, -0.25) is 4.99 Å². The second-order valence-electron chi connectivity index (χ2n) is 6.86. The van der Waals surface area contributed by atoms with Gasteiger partial charge in [-0.25, -0.2) is 0 Å². The first-order chi connectivity index (χ1) is 14.2. The van der Waals surface area contributed by atoms with Gasteiger partial charge in [-0.1, -0.05) is 41.4 Å². The predicted octanol–water partition coefficient (Wildman–Crippen LogP) is 5.79. The summed E-state index contributed by atoms with van der Waals surface area (Å²) in [6, 6.07) is 15.4. The lowest BCUT2D eigenvalue weighted by Gasteiger charge is -2.13. The molecule has 0 radical (unpaired) electrons. The molecular formula is C23H22ClNO4S. The standard InChI is InChI=1S/C23H22ClNO4S/c1-15-8-10-19(11-9-15)30(26,27)29-23-20(24)12-18(13-22(23)28-4)14-25-21-7-5-6-16(2)17(21)3/h5-14H,1-4H3. The van der Waals surface area contributed by atoms with Gasteiger partial charge >= 0.3 is 10.1 Å². The van der Waals surface area contributed by atoms with Crippen LogP contribution in [0.2, 0.25) is 5.02 Å². The number of methoxy groups -OCH3 is 1. The van der Waals surface area contributed by atoms with Gasteiger partial charge in [0.1, 0.15) is 4.90 Å². The van der Waals surface area contributed by atoms with Crippen LogP contribution in [-0.4, -0.2) is 21.7 Å². The second-order valence-corrected chi connectivity index (χ2v) is 8.82. The number of benzene rings is 3. The van der Waals surface area contributed by atoms with Crippen molar-refractivity contribution in [3.8, 4) is 11.5 Å². The average molecular weight is 444 g/mol. The van der Waals surface area contributed by atoms with E-state index in [1.165, 1.54) is 19.2 Å². The van der Waals surface area contributed by atoms with Crippen molar-refractivity contribution in [2.24, 2.45) is 4.99 Å². The Morgan fingerprint density at radius 2 is 1.70 bits per heavy atom. The van der Waals surface area contributed by atoms with Crippen LogP contribution < -0.4 is 8.92 Å². The monoisotopic (exact) mass is 443 g/mol. The number of rotatable bonds is 6. The lowest BCUT2D eigenvalue weighted by Crippen LogP contribution is -2.11. The Morgan fingerprint density at radius 1 is 1.00 bits per heavy atom. The van der Waals surface area contributed by atoms with Gasteiger partial charge in [0, 0.05) is 6.21 Å². The van der Waals surface area contributed by atoms with E-state index in [0.717, 1.165) is 22.4 Å². The van der Waals surface area contributed by atoms with Crippen molar-refractivity contribution in [2.75, 3.05) is 7.11 Å². The molecular weight excluding hydrogens is 422 g/mol. The molecule has 0 aromatic heterocycles. The van der Waals surface area contributed by atoms with Crippen LogP contribution in [0.5, 0.6) is 11.5 Å². The predicted molar refractivity (Wildman–Crippen MR) is 120 cm³/mol. The summed E-state index contributed by atoms with van der Waals surface area (Å²) in [4.78, 5) is 4.55. The zero-order chi connectivity index (χ0) is 21.9. The zero-order valence-corrected chi connectivity index (χ0v) is 18.7. The molecule has 3 aromatic rings. The number of halogens is 1. The first kappa shape index (κ1) is 21.9. The minimum Gasteiger partial charge on any atom is -0.493 e. The van der Waals surface area contributed by atoms with Crippen molar-refractivity contribution in [3.63, 3.8) is 0 Å². The van der Waals surface area contributed by atoms with E-state index in [9.17, 15) is 8.42 Å². The SMILES string of the molecule is COc1cc(C=Nc2cccc(C)c2C)cc(Cl)c1OS(=O)(=O)c1ccc(C)cc1. The lowest BCUT2D eigenvalue weighted by molar-refractivity contribution is 0.390. The largest absolute Gasteiger partial charge is 0.493 e. The molecule has 0 aliphatic carbocycles. The summed E-state index contributed by atoms with van der Waals surface area (Å²) >= 11 is 6.34. The fourth-order valence-electron chi connectivity index (χ4n) is 2.78. The van der Waals surface area contributed by atoms with Gasteiger partial charge in [-0.05, 0) is 67.8 Å². The van der Waals surface area contributed by atoms with Gasteiger partial charge in [0.15, 0.2) is 5.75 Å². The average Bonchev–Trinajstić information content (AvgIpc) is 2.71. The zero-order valence-electron chi connectivity index (χ0n) is 17.1. The molecule has 0 amide bonds. The molecule has 7 heteroatoms. The Balaban J connectivity index is 1.93. The molecule has 0 fully saturated rings. The van der Waals surface area contributed by atoms with Gasteiger partial charge in [0.2, 0.25) is 5.75 Å². The molecule has 0 saturated carbocycles. The number of nitrogens with zero attached hydrogens (tertiary/aromatic N) is 1. The molecule has 0 bridgehead atoms. The van der Waals surface area contributed by atoms with Gasteiger partial charge in [-0.15, -0.1) is 0 Å². The summed E-state index contributed by atoms with van der Waals surface area (Å²) in [7, 11) is -2.64. The third-order valence-electron chi connectivity index (χ3n) is 4.68. The highest BCUT2D eigenvalue weighted by atomic mass is 35.5. The van der Waals surface area contributed by atoms with Crippen molar-refractivity contribution in [3.05, 3.63) is 81.9 Å². The highest BCUT2D eigenvalue weighted by molar-refractivity contribution is 7.87. The van der Waals surface area contributed by atoms with Crippen LogP contribution in [0.4, 0.5) is 5.69 Å². The maximum atomic E-state index is 12.6. The summed E-state index contributed by atoms with van der Waals surface area (Å²) in [5.74, 6) is 0.129. The summed E-state index contributed by atoms with van der Waals surface area (Å²) in [6.07, 6.45) is 1.65. The topological polar surface area (TPSA) is 65.0 Å². The fourth-order valence-corrected chi connectivity index (χ4v) is 4.04. The van der Waals surface area contributed by atoms with Crippen molar-refractivity contribution in [1.29, 1.82) is 0 Å². The van der Waals surface area contributed by atoms with Crippen LogP contribution >= 0.6 is 11.6 Å². The van der Waals surface area contributed by atoms with Gasteiger partial charge in [0.25, 0.3) is 0 Å². The summed E-state index contributed by atoms with van der Waals surface area (Å²) in [5, 5.41) is 0.104. The van der Waals surface area contributed by atoms with Crippen molar-refractivity contribution in [1.82, 2.24) is 0 Å². The van der Waals surface area contributed by atoms with Crippen molar-refractivity contribution in [2.45, 2.75) is 25.7 Å². The van der Waals surface area contributed by atoms with E-state index in [4.69, 9.17) is 20.5 Å². The molecule has 3 aromatic carbocycles. The van der Waals surface area contributed by atoms with Crippen LogP contribution in [0.25, 0.3) is 0 Å². The maximum absolute atomic E-state index is 12.6. The molecule has 0 saturated heterocycles. The lowest BCUT2D eigenvalue weighted by atomic mass is 10.1. The summed E-state index contributed by atoms with van der Waals surface area (Å²) in [5.41, 5.74) is 4.66. The van der Waals surface area contributed by atoms with E-state index < -0.39 is 10.1 Å². The van der Waals surface area contributed by atoms with E-state index >= 15 is 0 Å². The maximum Gasteiger partial charge on any atom is 0.339 e. The molecule has 0 N–H and O–H groups in total. The number of aryl methyl sites for hydroxylation is 2. The highest BCUT2D eigenvalue weighted by Gasteiger charge is 2.22. The third kappa shape index (κ3) is 4.83. The minimum atomic E-state index is -4.06. The van der Waals surface area contributed by atoms with E-state index in [2.05, 4.69) is 4.99 Å².